The number of aliphatic hydroxyl groups is 1. The number of rotatable bonds is 5. The number of nitrogens with zero attached hydrogens (tertiary/aromatic N) is 2. The molecule has 0 spiro atoms. The maximum atomic E-state index is 9.65. The summed E-state index contributed by atoms with van der Waals surface area (Å²) in [7, 11) is 0. The Balaban J connectivity index is 1.44. The molecule has 0 radical (unpaired) electrons. The van der Waals surface area contributed by atoms with E-state index < -0.39 is 0 Å². The van der Waals surface area contributed by atoms with Crippen LogP contribution in [0, 0.1) is 0 Å². The van der Waals surface area contributed by atoms with Crippen molar-refractivity contribution in [2.45, 2.75) is 25.4 Å². The number of hydrogen-bond donors (Lipinski definition) is 1. The normalized spacial score (nSPS) is 16.2. The minimum Gasteiger partial charge on any atom is -0.489 e. The summed E-state index contributed by atoms with van der Waals surface area (Å²) >= 11 is 6.20. The highest BCUT2D eigenvalue weighted by atomic mass is 35.5. The first-order chi connectivity index (χ1) is 14.2. The van der Waals surface area contributed by atoms with Crippen LogP contribution < -0.4 is 4.74 Å². The number of hydrogen-bond acceptors (Lipinski definition) is 5. The molecule has 2 aromatic carbocycles. The van der Waals surface area contributed by atoms with Gasteiger partial charge in [0.1, 0.15) is 11.1 Å². The zero-order valence-corrected chi connectivity index (χ0v) is 16.9. The average Bonchev–Trinajstić information content (AvgIpc) is 3.09. The molecule has 5 nitrogen and oxygen atoms in total. The highest BCUT2D eigenvalue weighted by Crippen LogP contribution is 2.39. The lowest BCUT2D eigenvalue weighted by molar-refractivity contribution is 0.0800. The molecule has 0 unspecified atom stereocenters. The minimum atomic E-state index is -0.138. The van der Waals surface area contributed by atoms with Crippen LogP contribution in [0.2, 0.25) is 5.02 Å². The molecule has 5 rings (SSSR count). The van der Waals surface area contributed by atoms with Gasteiger partial charge in [-0.2, -0.15) is 0 Å². The number of para-hydroxylation sites is 1. The van der Waals surface area contributed by atoms with Crippen LogP contribution in [0.15, 0.2) is 46.9 Å². The number of likely N-dealkylation sites (tertiary alicyclic amines) is 1. The monoisotopic (exact) mass is 410 g/mol. The van der Waals surface area contributed by atoms with Gasteiger partial charge in [0.15, 0.2) is 11.3 Å². The van der Waals surface area contributed by atoms with Gasteiger partial charge in [-0.05, 0) is 49.6 Å². The molecule has 3 heterocycles. The predicted octanol–water partition coefficient (Wildman–Crippen LogP) is 5.01. The zero-order valence-electron chi connectivity index (χ0n) is 16.1. The second-order valence-corrected chi connectivity index (χ2v) is 8.09. The van der Waals surface area contributed by atoms with Gasteiger partial charge in [0, 0.05) is 35.4 Å². The van der Waals surface area contributed by atoms with Crippen LogP contribution in [-0.2, 0) is 0 Å². The zero-order chi connectivity index (χ0) is 19.8. The summed E-state index contributed by atoms with van der Waals surface area (Å²) in [6.45, 7) is 3.47. The molecule has 0 amide bonds. The number of furan rings is 1. The van der Waals surface area contributed by atoms with Crippen LogP contribution in [0.4, 0.5) is 0 Å². The lowest BCUT2D eigenvalue weighted by atomic mass is 10.1. The Morgan fingerprint density at radius 2 is 1.97 bits per heavy atom. The fourth-order valence-electron chi connectivity index (χ4n) is 4.08. The van der Waals surface area contributed by atoms with Crippen LogP contribution in [-0.4, -0.2) is 47.3 Å². The molecule has 29 heavy (non-hydrogen) atoms. The van der Waals surface area contributed by atoms with Gasteiger partial charge >= 0.3 is 0 Å². The van der Waals surface area contributed by atoms with E-state index in [1.165, 1.54) is 0 Å². The fourth-order valence-corrected chi connectivity index (χ4v) is 4.25. The van der Waals surface area contributed by atoms with Gasteiger partial charge in [0.2, 0.25) is 0 Å². The summed E-state index contributed by atoms with van der Waals surface area (Å²) in [5.41, 5.74) is 3.08. The summed E-state index contributed by atoms with van der Waals surface area (Å²) in [5.74, 6) is 0.743. The molecular weight excluding hydrogens is 388 g/mol. The first-order valence-corrected chi connectivity index (χ1v) is 10.5. The van der Waals surface area contributed by atoms with Crippen LogP contribution in [0.1, 0.15) is 19.3 Å². The lowest BCUT2D eigenvalue weighted by Crippen LogP contribution is -2.36. The van der Waals surface area contributed by atoms with Crippen molar-refractivity contribution in [1.29, 1.82) is 0 Å². The number of halogens is 1. The van der Waals surface area contributed by atoms with Crippen molar-refractivity contribution in [2.24, 2.45) is 0 Å². The first kappa shape index (κ1) is 18.7. The van der Waals surface area contributed by atoms with Gasteiger partial charge in [-0.3, -0.25) is 0 Å². The maximum absolute atomic E-state index is 9.65. The predicted molar refractivity (Wildman–Crippen MR) is 116 cm³/mol. The van der Waals surface area contributed by atoms with E-state index in [4.69, 9.17) is 25.7 Å². The number of piperidine rings is 1. The third-order valence-corrected chi connectivity index (χ3v) is 5.87. The number of pyridine rings is 1. The van der Waals surface area contributed by atoms with Gasteiger partial charge in [0.25, 0.3) is 0 Å². The van der Waals surface area contributed by atoms with Crippen LogP contribution in [0.5, 0.6) is 5.75 Å². The first-order valence-electron chi connectivity index (χ1n) is 10.1. The minimum absolute atomic E-state index is 0.138. The molecule has 0 saturated carbocycles. The van der Waals surface area contributed by atoms with Crippen LogP contribution >= 0.6 is 11.6 Å². The summed E-state index contributed by atoms with van der Waals surface area (Å²) < 4.78 is 12.4. The van der Waals surface area contributed by atoms with Gasteiger partial charge in [-0.1, -0.05) is 23.7 Å². The summed E-state index contributed by atoms with van der Waals surface area (Å²) in [6.07, 6.45) is 2.50. The van der Waals surface area contributed by atoms with Crippen molar-refractivity contribution in [3.8, 4) is 5.75 Å². The standard InChI is InChI=1S/C23H23ClN2O3/c24-15-6-7-20-18(14-15)21-23(29-20)22(17-4-1-2-5-19(17)25-21)28-13-3-10-26-11-8-16(27)9-12-26/h1-2,4-7,14,16,27H,3,8-13H2. The van der Waals surface area contributed by atoms with E-state index in [-0.39, 0.29) is 6.10 Å². The van der Waals surface area contributed by atoms with Gasteiger partial charge in [-0.25, -0.2) is 4.98 Å². The number of fused-ring (bicyclic) bond motifs is 4. The summed E-state index contributed by atoms with van der Waals surface area (Å²) in [6, 6.07) is 13.6. The van der Waals surface area contributed by atoms with Crippen LogP contribution in [0.3, 0.4) is 0 Å². The largest absolute Gasteiger partial charge is 0.489 e. The second kappa shape index (κ2) is 7.82. The number of benzene rings is 2. The van der Waals surface area contributed by atoms with Crippen molar-refractivity contribution < 1.29 is 14.3 Å². The molecule has 4 aromatic rings. The van der Waals surface area contributed by atoms with E-state index in [0.29, 0.717) is 17.2 Å². The number of ether oxygens (including phenoxy) is 1. The molecule has 6 heteroatoms. The molecular formula is C23H23ClN2O3. The second-order valence-electron chi connectivity index (χ2n) is 7.65. The molecule has 1 fully saturated rings. The molecule has 2 aromatic heterocycles. The molecule has 150 valence electrons. The van der Waals surface area contributed by atoms with Gasteiger partial charge < -0.3 is 19.2 Å². The Labute approximate surface area is 173 Å². The van der Waals surface area contributed by atoms with E-state index >= 15 is 0 Å². The van der Waals surface area contributed by atoms with E-state index in [2.05, 4.69) is 4.90 Å². The van der Waals surface area contributed by atoms with Crippen molar-refractivity contribution in [3.05, 3.63) is 47.5 Å². The Kier molecular flexibility index (Phi) is 5.04. The quantitative estimate of drug-likeness (QED) is 0.468. The van der Waals surface area contributed by atoms with E-state index in [1.807, 2.05) is 42.5 Å². The Hall–Kier alpha value is -2.34. The van der Waals surface area contributed by atoms with Crippen molar-refractivity contribution >= 4 is 44.6 Å². The van der Waals surface area contributed by atoms with Crippen molar-refractivity contribution in [2.75, 3.05) is 26.2 Å². The highest BCUT2D eigenvalue weighted by molar-refractivity contribution is 6.31. The highest BCUT2D eigenvalue weighted by Gasteiger charge is 2.19. The smallest absolute Gasteiger partial charge is 0.196 e. The third-order valence-electron chi connectivity index (χ3n) is 5.63. The molecule has 0 atom stereocenters. The van der Waals surface area contributed by atoms with Crippen molar-refractivity contribution in [1.82, 2.24) is 9.88 Å². The Morgan fingerprint density at radius 1 is 1.14 bits per heavy atom. The molecule has 0 bridgehead atoms. The van der Waals surface area contributed by atoms with Gasteiger partial charge in [0.05, 0.1) is 18.2 Å². The molecule has 1 aliphatic heterocycles. The van der Waals surface area contributed by atoms with Crippen LogP contribution in [0.25, 0.3) is 33.0 Å². The average molecular weight is 411 g/mol. The summed E-state index contributed by atoms with van der Waals surface area (Å²) in [4.78, 5) is 7.20. The molecule has 1 aliphatic rings. The Bertz CT molecular complexity index is 1170. The van der Waals surface area contributed by atoms with Crippen molar-refractivity contribution in [3.63, 3.8) is 0 Å². The fraction of sp³-hybridized carbons (Fsp3) is 0.348. The molecule has 1 N–H and O–H groups in total. The topological polar surface area (TPSA) is 58.7 Å². The maximum Gasteiger partial charge on any atom is 0.196 e. The van der Waals surface area contributed by atoms with E-state index in [0.717, 1.165) is 72.0 Å². The van der Waals surface area contributed by atoms with Gasteiger partial charge in [-0.15, -0.1) is 0 Å². The number of aliphatic hydroxyl groups excluding tert-OH is 1. The Morgan fingerprint density at radius 3 is 2.83 bits per heavy atom. The lowest BCUT2D eigenvalue weighted by Gasteiger charge is -2.29. The van der Waals surface area contributed by atoms with E-state index in [9.17, 15) is 5.11 Å². The molecule has 1 saturated heterocycles. The molecule has 0 aliphatic carbocycles. The number of aromatic nitrogens is 1. The summed E-state index contributed by atoms with van der Waals surface area (Å²) in [5, 5.41) is 12.2. The SMILES string of the molecule is OC1CCN(CCCOc2c3ccccc3nc3c2oc2ccc(Cl)cc23)CC1. The third kappa shape index (κ3) is 3.66. The van der Waals surface area contributed by atoms with E-state index in [1.54, 1.807) is 0 Å².